The summed E-state index contributed by atoms with van der Waals surface area (Å²) in [5, 5.41) is 0. The number of ketones is 1. The highest BCUT2D eigenvalue weighted by Gasteiger charge is 2.39. The Balaban J connectivity index is 1.34. The monoisotopic (exact) mass is 341 g/mol. The number of hydrogen-bond donors (Lipinski definition) is 0. The fraction of sp³-hybridized carbons (Fsp3) is 0.250. The molecule has 1 aromatic heterocycles. The molecule has 1 aliphatic rings. The summed E-state index contributed by atoms with van der Waals surface area (Å²) in [5.41, 5.74) is 5.82. The lowest BCUT2D eigenvalue weighted by molar-refractivity contribution is -0.118. The standard InChI is InChI=1S/C24H23NO/c1-17-13-21(11-12-25-17)19-9-7-18(8-10-19)14-23(26)15-22-16-24(22)20-5-3-2-4-6-20/h2-13,22,24H,14-16H2,1H3/t22-,24+/m1/s1. The van der Waals surface area contributed by atoms with Crippen molar-refractivity contribution in [2.24, 2.45) is 5.92 Å². The molecule has 2 aromatic carbocycles. The van der Waals surface area contributed by atoms with E-state index in [0.717, 1.165) is 23.2 Å². The molecule has 0 aliphatic heterocycles. The van der Waals surface area contributed by atoms with Gasteiger partial charge in [0.15, 0.2) is 0 Å². The Labute approximate surface area is 154 Å². The van der Waals surface area contributed by atoms with E-state index in [1.54, 1.807) is 0 Å². The SMILES string of the molecule is Cc1cc(-c2ccc(CC(=O)C[C@@H]3C[C@H]3c3ccccc3)cc2)ccn1. The zero-order valence-corrected chi connectivity index (χ0v) is 15.1. The van der Waals surface area contributed by atoms with Crippen molar-refractivity contribution in [3.8, 4) is 11.1 Å². The molecule has 2 heteroatoms. The lowest BCUT2D eigenvalue weighted by Gasteiger charge is -2.05. The third kappa shape index (κ3) is 3.91. The number of benzene rings is 2. The molecule has 130 valence electrons. The van der Waals surface area contributed by atoms with Crippen molar-refractivity contribution >= 4 is 5.78 Å². The van der Waals surface area contributed by atoms with Gasteiger partial charge in [-0.05, 0) is 59.6 Å². The topological polar surface area (TPSA) is 30.0 Å². The summed E-state index contributed by atoms with van der Waals surface area (Å²) < 4.78 is 0. The van der Waals surface area contributed by atoms with Crippen molar-refractivity contribution in [3.63, 3.8) is 0 Å². The Morgan fingerprint density at radius 3 is 2.50 bits per heavy atom. The van der Waals surface area contributed by atoms with Gasteiger partial charge in [0.05, 0.1) is 0 Å². The van der Waals surface area contributed by atoms with Crippen molar-refractivity contribution in [1.29, 1.82) is 0 Å². The van der Waals surface area contributed by atoms with Crippen LogP contribution in [0.5, 0.6) is 0 Å². The van der Waals surface area contributed by atoms with Gasteiger partial charge in [-0.25, -0.2) is 0 Å². The van der Waals surface area contributed by atoms with E-state index in [0.29, 0.717) is 30.5 Å². The second-order valence-corrected chi connectivity index (χ2v) is 7.32. The molecule has 2 atom stereocenters. The number of pyridine rings is 1. The molecule has 1 fully saturated rings. The van der Waals surface area contributed by atoms with E-state index in [9.17, 15) is 4.79 Å². The van der Waals surface area contributed by atoms with Crippen molar-refractivity contribution in [2.75, 3.05) is 0 Å². The molecular formula is C24H23NO. The van der Waals surface area contributed by atoms with Crippen LogP contribution < -0.4 is 0 Å². The molecule has 0 bridgehead atoms. The maximum absolute atomic E-state index is 12.4. The minimum absolute atomic E-state index is 0.348. The largest absolute Gasteiger partial charge is 0.299 e. The van der Waals surface area contributed by atoms with Crippen molar-refractivity contribution in [3.05, 3.63) is 89.7 Å². The number of hydrogen-bond acceptors (Lipinski definition) is 2. The molecule has 2 nitrogen and oxygen atoms in total. The predicted molar refractivity (Wildman–Crippen MR) is 105 cm³/mol. The summed E-state index contributed by atoms with van der Waals surface area (Å²) >= 11 is 0. The zero-order valence-electron chi connectivity index (χ0n) is 15.1. The van der Waals surface area contributed by atoms with E-state index in [-0.39, 0.29) is 0 Å². The first-order valence-corrected chi connectivity index (χ1v) is 9.27. The number of carbonyl (C=O) groups excluding carboxylic acids is 1. The lowest BCUT2D eigenvalue weighted by Crippen LogP contribution is -2.04. The maximum atomic E-state index is 12.4. The summed E-state index contributed by atoms with van der Waals surface area (Å²) in [6.45, 7) is 2.00. The van der Waals surface area contributed by atoms with E-state index in [2.05, 4.69) is 59.6 Å². The van der Waals surface area contributed by atoms with Crippen LogP contribution in [0.3, 0.4) is 0 Å². The van der Waals surface area contributed by atoms with Gasteiger partial charge in [-0.1, -0.05) is 54.6 Å². The highest BCUT2D eigenvalue weighted by atomic mass is 16.1. The second kappa shape index (κ2) is 7.25. The summed E-state index contributed by atoms with van der Waals surface area (Å²) in [5.74, 6) is 1.46. The van der Waals surface area contributed by atoms with Gasteiger partial charge in [-0.2, -0.15) is 0 Å². The average molecular weight is 341 g/mol. The van der Waals surface area contributed by atoms with E-state index >= 15 is 0 Å². The van der Waals surface area contributed by atoms with Crippen LogP contribution in [-0.2, 0) is 11.2 Å². The third-order valence-corrected chi connectivity index (χ3v) is 5.23. The molecule has 1 saturated carbocycles. The Morgan fingerprint density at radius 2 is 1.77 bits per heavy atom. The van der Waals surface area contributed by atoms with Crippen LogP contribution >= 0.6 is 0 Å². The molecule has 0 unspecified atom stereocenters. The summed E-state index contributed by atoms with van der Waals surface area (Å²) in [6, 6.07) is 23.0. The normalized spacial score (nSPS) is 18.5. The molecular weight excluding hydrogens is 318 g/mol. The van der Waals surface area contributed by atoms with E-state index < -0.39 is 0 Å². The van der Waals surface area contributed by atoms with Gasteiger partial charge in [0, 0.05) is 24.7 Å². The van der Waals surface area contributed by atoms with Crippen LogP contribution in [0.15, 0.2) is 72.9 Å². The number of aryl methyl sites for hydroxylation is 1. The van der Waals surface area contributed by atoms with Crippen molar-refractivity contribution < 1.29 is 4.79 Å². The zero-order chi connectivity index (χ0) is 17.9. The highest BCUT2D eigenvalue weighted by molar-refractivity contribution is 5.81. The van der Waals surface area contributed by atoms with Gasteiger partial charge in [-0.3, -0.25) is 9.78 Å². The maximum Gasteiger partial charge on any atom is 0.137 e. The van der Waals surface area contributed by atoms with E-state index in [1.165, 1.54) is 11.1 Å². The first-order valence-electron chi connectivity index (χ1n) is 9.27. The number of carbonyl (C=O) groups is 1. The van der Waals surface area contributed by atoms with E-state index in [1.807, 2.05) is 25.3 Å². The van der Waals surface area contributed by atoms with E-state index in [4.69, 9.17) is 0 Å². The molecule has 0 spiro atoms. The van der Waals surface area contributed by atoms with Crippen LogP contribution in [0, 0.1) is 12.8 Å². The van der Waals surface area contributed by atoms with Crippen molar-refractivity contribution in [2.45, 2.75) is 32.1 Å². The smallest absolute Gasteiger partial charge is 0.137 e. The molecule has 0 N–H and O–H groups in total. The lowest BCUT2D eigenvalue weighted by atomic mass is 10.00. The highest BCUT2D eigenvalue weighted by Crippen LogP contribution is 2.49. The molecule has 0 saturated heterocycles. The van der Waals surface area contributed by atoms with Gasteiger partial charge < -0.3 is 0 Å². The Hall–Kier alpha value is -2.74. The molecule has 26 heavy (non-hydrogen) atoms. The van der Waals surface area contributed by atoms with Gasteiger partial charge >= 0.3 is 0 Å². The molecule has 0 radical (unpaired) electrons. The minimum Gasteiger partial charge on any atom is -0.299 e. The Morgan fingerprint density at radius 1 is 1.00 bits per heavy atom. The molecule has 3 aromatic rings. The number of aromatic nitrogens is 1. The fourth-order valence-corrected chi connectivity index (χ4v) is 3.71. The van der Waals surface area contributed by atoms with Crippen LogP contribution in [0.4, 0.5) is 0 Å². The summed E-state index contributed by atoms with van der Waals surface area (Å²) in [4.78, 5) is 16.7. The van der Waals surface area contributed by atoms with Crippen LogP contribution in [0.25, 0.3) is 11.1 Å². The summed E-state index contributed by atoms with van der Waals surface area (Å²) in [7, 11) is 0. The fourth-order valence-electron chi connectivity index (χ4n) is 3.71. The first-order chi connectivity index (χ1) is 12.7. The van der Waals surface area contributed by atoms with Crippen LogP contribution in [0.2, 0.25) is 0 Å². The van der Waals surface area contributed by atoms with Crippen molar-refractivity contribution in [1.82, 2.24) is 4.98 Å². The van der Waals surface area contributed by atoms with Gasteiger partial charge in [-0.15, -0.1) is 0 Å². The second-order valence-electron chi connectivity index (χ2n) is 7.32. The van der Waals surface area contributed by atoms with Gasteiger partial charge in [0.2, 0.25) is 0 Å². The quantitative estimate of drug-likeness (QED) is 0.604. The van der Waals surface area contributed by atoms with Crippen LogP contribution in [-0.4, -0.2) is 10.8 Å². The van der Waals surface area contributed by atoms with Crippen LogP contribution in [0.1, 0.15) is 35.6 Å². The third-order valence-electron chi connectivity index (χ3n) is 5.23. The summed E-state index contributed by atoms with van der Waals surface area (Å²) in [6.07, 6.45) is 4.22. The molecule has 0 amide bonds. The number of Topliss-reactive ketones (excluding diaryl/α,β-unsaturated/α-hetero) is 1. The van der Waals surface area contributed by atoms with Gasteiger partial charge in [0.25, 0.3) is 0 Å². The minimum atomic E-state index is 0.348. The molecule has 1 heterocycles. The molecule has 1 aliphatic carbocycles. The van der Waals surface area contributed by atoms with Gasteiger partial charge in [0.1, 0.15) is 5.78 Å². The number of nitrogens with zero attached hydrogens (tertiary/aromatic N) is 1. The first kappa shape index (κ1) is 16.7. The number of rotatable bonds is 6. The Bertz CT molecular complexity index is 899. The predicted octanol–water partition coefficient (Wildman–Crippen LogP) is 5.36. The Kier molecular flexibility index (Phi) is 4.66. The average Bonchev–Trinajstić information content (AvgIpc) is 3.42. The molecule has 4 rings (SSSR count).